The van der Waals surface area contributed by atoms with Gasteiger partial charge in [0, 0.05) is 37.4 Å². The van der Waals surface area contributed by atoms with Crippen LogP contribution < -0.4 is 31.9 Å². The second-order valence-electron chi connectivity index (χ2n) is 16.6. The van der Waals surface area contributed by atoms with Crippen molar-refractivity contribution in [1.29, 1.82) is 0 Å². The molecule has 3 rings (SSSR count). The van der Waals surface area contributed by atoms with Crippen LogP contribution in [0.4, 0.5) is 14.4 Å². The topological polar surface area (TPSA) is 263 Å². The lowest BCUT2D eigenvalue weighted by atomic mass is 9.99. The van der Waals surface area contributed by atoms with Crippen molar-refractivity contribution in [2.45, 2.75) is 136 Å². The Kier molecular flexibility index (Phi) is 20.0. The second-order valence-corrected chi connectivity index (χ2v) is 16.6. The van der Waals surface area contributed by atoms with E-state index in [9.17, 15) is 44.1 Å². The number of aliphatic hydroxyl groups is 3. The molecule has 0 bridgehead atoms. The average Bonchev–Trinajstić information content (AvgIpc) is 3.75. The first-order valence-corrected chi connectivity index (χ1v) is 18.6. The summed E-state index contributed by atoms with van der Waals surface area (Å²) in [5.41, 5.74) is -1.72. The summed E-state index contributed by atoms with van der Waals surface area (Å²) in [6.45, 7) is 17.3. The Morgan fingerprint density at radius 2 is 0.759 bits per heavy atom. The summed E-state index contributed by atoms with van der Waals surface area (Å²) in [6.07, 6.45) is 1.81. The molecule has 6 amide bonds. The van der Waals surface area contributed by atoms with E-state index in [4.69, 9.17) is 14.2 Å². The Morgan fingerprint density at radius 3 is 0.907 bits per heavy atom. The Morgan fingerprint density at radius 1 is 0.537 bits per heavy atom. The molecule has 18 nitrogen and oxygen atoms in total. The maximum atomic E-state index is 11.5. The van der Waals surface area contributed by atoms with Crippen molar-refractivity contribution in [3.63, 3.8) is 0 Å². The van der Waals surface area contributed by atoms with E-state index < -0.39 is 53.2 Å². The van der Waals surface area contributed by atoms with Crippen molar-refractivity contribution in [1.82, 2.24) is 31.9 Å². The van der Waals surface area contributed by atoms with Crippen LogP contribution in [0.15, 0.2) is 0 Å². The minimum atomic E-state index is -0.575. The average molecular weight is 775 g/mol. The van der Waals surface area contributed by atoms with E-state index in [1.54, 1.807) is 62.3 Å². The molecule has 0 saturated carbocycles. The predicted octanol–water partition coefficient (Wildman–Crippen LogP) is 1.19. The molecular formula is C36H66N6O12. The summed E-state index contributed by atoms with van der Waals surface area (Å²) >= 11 is 0. The van der Waals surface area contributed by atoms with Crippen molar-refractivity contribution in [2.24, 2.45) is 17.8 Å². The van der Waals surface area contributed by atoms with Gasteiger partial charge in [0.25, 0.3) is 0 Å². The zero-order valence-electron chi connectivity index (χ0n) is 33.5. The highest BCUT2D eigenvalue weighted by Gasteiger charge is 2.31. The van der Waals surface area contributed by atoms with Gasteiger partial charge in [-0.3, -0.25) is 14.4 Å². The summed E-state index contributed by atoms with van der Waals surface area (Å²) in [4.78, 5) is 68.8. The molecule has 3 heterocycles. The molecule has 54 heavy (non-hydrogen) atoms. The van der Waals surface area contributed by atoms with E-state index in [0.29, 0.717) is 38.9 Å². The highest BCUT2D eigenvalue weighted by molar-refractivity contribution is 5.81. The third-order valence-corrected chi connectivity index (χ3v) is 8.02. The van der Waals surface area contributed by atoms with E-state index in [-0.39, 0.29) is 55.3 Å². The Bertz CT molecular complexity index is 1080. The lowest BCUT2D eigenvalue weighted by molar-refractivity contribution is -0.123. The van der Waals surface area contributed by atoms with Gasteiger partial charge in [0.05, 0.1) is 37.9 Å². The van der Waals surface area contributed by atoms with Crippen molar-refractivity contribution < 1.29 is 58.3 Å². The molecular weight excluding hydrogens is 708 g/mol. The van der Waals surface area contributed by atoms with Crippen LogP contribution >= 0.6 is 0 Å². The molecule has 0 spiro atoms. The molecule has 0 aliphatic carbocycles. The van der Waals surface area contributed by atoms with Crippen LogP contribution in [0.2, 0.25) is 0 Å². The van der Waals surface area contributed by atoms with Gasteiger partial charge in [-0.25, -0.2) is 14.4 Å². The molecule has 1 unspecified atom stereocenters. The van der Waals surface area contributed by atoms with Crippen molar-refractivity contribution in [3.05, 3.63) is 0 Å². The highest BCUT2D eigenvalue weighted by Crippen LogP contribution is 2.19. The monoisotopic (exact) mass is 774 g/mol. The van der Waals surface area contributed by atoms with E-state index in [1.165, 1.54) is 0 Å². The number of hydrogen-bond donors (Lipinski definition) is 9. The van der Waals surface area contributed by atoms with E-state index >= 15 is 0 Å². The van der Waals surface area contributed by atoms with Crippen molar-refractivity contribution in [2.75, 3.05) is 39.5 Å². The third-order valence-electron chi connectivity index (χ3n) is 8.02. The van der Waals surface area contributed by atoms with Crippen molar-refractivity contribution in [3.8, 4) is 0 Å². The van der Waals surface area contributed by atoms with Crippen LogP contribution in [-0.4, -0.2) is 126 Å². The molecule has 3 saturated heterocycles. The van der Waals surface area contributed by atoms with Gasteiger partial charge in [-0.15, -0.1) is 0 Å². The van der Waals surface area contributed by atoms with E-state index in [0.717, 1.165) is 19.3 Å². The van der Waals surface area contributed by atoms with Crippen LogP contribution in [-0.2, 0) is 28.6 Å². The summed E-state index contributed by atoms with van der Waals surface area (Å²) in [5.74, 6) is -0.468. The minimum Gasteiger partial charge on any atom is -0.444 e. The number of ether oxygens (including phenoxy) is 3. The summed E-state index contributed by atoms with van der Waals surface area (Å²) in [7, 11) is 0. The van der Waals surface area contributed by atoms with Gasteiger partial charge in [-0.05, 0) is 101 Å². The Hall–Kier alpha value is -3.90. The van der Waals surface area contributed by atoms with Crippen molar-refractivity contribution >= 4 is 36.0 Å². The number of amides is 6. The molecule has 3 aliphatic heterocycles. The fourth-order valence-electron chi connectivity index (χ4n) is 5.60. The lowest BCUT2D eigenvalue weighted by Gasteiger charge is -2.23. The van der Waals surface area contributed by atoms with Gasteiger partial charge >= 0.3 is 18.3 Å². The number of hydrogen-bond acceptors (Lipinski definition) is 12. The fraction of sp³-hybridized carbons (Fsp3) is 0.833. The second kappa shape index (κ2) is 22.5. The third kappa shape index (κ3) is 21.1. The SMILES string of the molecule is CC(C)(C)OC(=O)N[C@H](CO)CC1CCNC1=O.CC(C)(C)OC(=O)N[C@H](CO)C[C@@H]1CCNC1=O.CC(C)(C)OC(=O)N[C@H](CO)C[C@H]1CCNC1=O. The van der Waals surface area contributed by atoms with Crippen LogP contribution in [0, 0.1) is 17.8 Å². The molecule has 0 radical (unpaired) electrons. The van der Waals surface area contributed by atoms with Gasteiger partial charge in [-0.1, -0.05) is 0 Å². The Labute approximate surface area is 318 Å². The first-order valence-electron chi connectivity index (χ1n) is 18.6. The van der Waals surface area contributed by atoms with Gasteiger partial charge in [-0.2, -0.15) is 0 Å². The zero-order valence-corrected chi connectivity index (χ0v) is 33.5. The molecule has 9 N–H and O–H groups in total. The van der Waals surface area contributed by atoms with Gasteiger partial charge in [0.1, 0.15) is 16.8 Å². The molecule has 3 fully saturated rings. The quantitative estimate of drug-likeness (QED) is 0.127. The van der Waals surface area contributed by atoms with Gasteiger partial charge in [0.15, 0.2) is 0 Å². The standard InChI is InChI=1S/3C12H22N2O4/c3*1-12(2,3)18-11(17)14-9(7-15)6-8-4-5-13-10(8)16/h3*8-9,15H,4-7H2,1-3H3,(H,13,16)(H,14,17)/t8?,9-;8-,9+;8-,9-/m010/s1. The smallest absolute Gasteiger partial charge is 0.407 e. The van der Waals surface area contributed by atoms with Crippen LogP contribution in [0.1, 0.15) is 101 Å². The largest absolute Gasteiger partial charge is 0.444 e. The van der Waals surface area contributed by atoms with Gasteiger partial charge < -0.3 is 61.4 Å². The number of carbonyl (C=O) groups is 6. The summed E-state index contributed by atoms with van der Waals surface area (Å²) < 4.78 is 15.3. The molecule has 0 aromatic heterocycles. The molecule has 18 heteroatoms. The predicted molar refractivity (Wildman–Crippen MR) is 198 cm³/mol. The fourth-order valence-corrected chi connectivity index (χ4v) is 5.60. The zero-order chi connectivity index (χ0) is 41.3. The number of aliphatic hydroxyl groups excluding tert-OH is 3. The number of carbonyl (C=O) groups excluding carboxylic acids is 6. The van der Waals surface area contributed by atoms with Gasteiger partial charge in [0.2, 0.25) is 17.7 Å². The minimum absolute atomic E-state index is 0.0144. The van der Waals surface area contributed by atoms with Crippen LogP contribution in [0.3, 0.4) is 0 Å². The maximum absolute atomic E-state index is 11.5. The normalized spacial score (nSPS) is 21.3. The molecule has 3 aliphatic rings. The summed E-state index contributed by atoms with van der Waals surface area (Å²) in [6, 6.07) is -1.35. The number of rotatable bonds is 12. The number of nitrogens with one attached hydrogen (secondary N) is 6. The van der Waals surface area contributed by atoms with E-state index in [1.807, 2.05) is 0 Å². The molecule has 6 atom stereocenters. The maximum Gasteiger partial charge on any atom is 0.407 e. The molecule has 0 aromatic carbocycles. The van der Waals surface area contributed by atoms with E-state index in [2.05, 4.69) is 31.9 Å². The first kappa shape index (κ1) is 48.1. The van der Waals surface area contributed by atoms with Crippen LogP contribution in [0.5, 0.6) is 0 Å². The lowest BCUT2D eigenvalue weighted by Crippen LogP contribution is -2.42. The van der Waals surface area contributed by atoms with Crippen LogP contribution in [0.25, 0.3) is 0 Å². The molecule has 312 valence electrons. The first-order chi connectivity index (χ1) is 24.9. The Balaban J connectivity index is 0.000000405. The number of alkyl carbamates (subject to hydrolysis) is 3. The highest BCUT2D eigenvalue weighted by atomic mass is 16.6. The summed E-state index contributed by atoms with van der Waals surface area (Å²) in [5, 5.41) is 43.6. The molecule has 0 aromatic rings.